The molecule has 0 aromatic heterocycles. The predicted molar refractivity (Wildman–Crippen MR) is 42.1 cm³/mol. The fourth-order valence-electron chi connectivity index (χ4n) is 0.760. The number of aliphatic hydroxyl groups excluding tert-OH is 3. The van der Waals surface area contributed by atoms with Gasteiger partial charge in [-0.25, -0.2) is 0 Å². The van der Waals surface area contributed by atoms with Crippen LogP contribution in [0.1, 0.15) is 0 Å². The summed E-state index contributed by atoms with van der Waals surface area (Å²) in [5.41, 5.74) is 0. The van der Waals surface area contributed by atoms with Gasteiger partial charge in [0.2, 0.25) is 0 Å². The Morgan fingerprint density at radius 3 is 1.15 bits per heavy atom. The minimum absolute atomic E-state index is 0.0694. The molecule has 0 aliphatic carbocycles. The summed E-state index contributed by atoms with van der Waals surface area (Å²) in [4.78, 5) is 1.79. The van der Waals surface area contributed by atoms with Crippen LogP contribution in [0.25, 0.3) is 0 Å². The summed E-state index contributed by atoms with van der Waals surface area (Å²) in [6, 6.07) is 0. The molecule has 6 nitrogen and oxygen atoms in total. The van der Waals surface area contributed by atoms with Gasteiger partial charge >= 0.3 is 26.8 Å². The molecular weight excluding hydrogens is 361 g/mol. The summed E-state index contributed by atoms with van der Waals surface area (Å²) >= 11 is -1.42. The molecule has 0 spiro atoms. The zero-order chi connectivity index (χ0) is 10.5. The monoisotopic (exact) mass is 378 g/mol. The van der Waals surface area contributed by atoms with Gasteiger partial charge in [-0.2, -0.15) is 0 Å². The Balaban J connectivity index is 0. The van der Waals surface area contributed by atoms with Crippen molar-refractivity contribution in [2.75, 3.05) is 39.5 Å². The third-order valence-electron chi connectivity index (χ3n) is 1.25. The fourth-order valence-corrected chi connectivity index (χ4v) is 0.760. The predicted octanol–water partition coefficient (Wildman–Crippen LogP) is -2.85. The number of nitrogens with zero attached hydrogens (tertiary/aromatic N) is 1. The molecule has 0 unspecified atom stereocenters. The summed E-state index contributed by atoms with van der Waals surface area (Å²) in [7, 11) is 0. The second-order valence-corrected chi connectivity index (χ2v) is 2.53. The van der Waals surface area contributed by atoms with Gasteiger partial charge in [0.25, 0.3) is 0 Å². The average molecular weight is 378 g/mol. The average Bonchev–Trinajstić information content (AvgIpc) is 2.07. The molecule has 0 saturated carbocycles. The van der Waals surface area contributed by atoms with Crippen LogP contribution in [0.3, 0.4) is 0 Å². The molecule has 0 aromatic carbocycles. The normalized spacial score (nSPS) is 10.0. The van der Waals surface area contributed by atoms with Gasteiger partial charge < -0.3 is 15.3 Å². The molecule has 0 bridgehead atoms. The molecule has 7 heteroatoms. The van der Waals surface area contributed by atoms with Crippen molar-refractivity contribution in [2.24, 2.45) is 0 Å². The molecule has 86 valence electrons. The van der Waals surface area contributed by atoms with Crippen LogP contribution in [0.4, 0.5) is 0 Å². The number of aliphatic hydroxyl groups is 3. The van der Waals surface area contributed by atoms with Crippen molar-refractivity contribution < 1.29 is 42.2 Å². The second kappa shape index (κ2) is 14.9. The van der Waals surface area contributed by atoms with E-state index in [0.717, 1.165) is 0 Å². The van der Waals surface area contributed by atoms with E-state index in [1.165, 1.54) is 0 Å². The van der Waals surface area contributed by atoms with Gasteiger partial charge in [-0.3, -0.25) is 4.90 Å². The Morgan fingerprint density at radius 2 is 1.00 bits per heavy atom. The molecule has 0 rings (SSSR count). The molecule has 0 aromatic rings. The van der Waals surface area contributed by atoms with E-state index in [1.807, 2.05) is 0 Å². The molecule has 0 saturated heterocycles. The Bertz CT molecular complexity index is 73.2. The number of rotatable bonds is 6. The van der Waals surface area contributed by atoms with Crippen molar-refractivity contribution in [3.63, 3.8) is 0 Å². The fraction of sp³-hybridized carbons (Fsp3) is 1.00. The van der Waals surface area contributed by atoms with Crippen LogP contribution in [0, 0.1) is 0 Å². The van der Waals surface area contributed by atoms with Crippen molar-refractivity contribution >= 4 is 0 Å². The zero-order valence-electron chi connectivity index (χ0n) is 7.24. The van der Waals surface area contributed by atoms with Gasteiger partial charge in [0.1, 0.15) is 0 Å². The maximum absolute atomic E-state index is 8.48. The van der Waals surface area contributed by atoms with Gasteiger partial charge in [0, 0.05) is 19.6 Å². The second-order valence-electron chi connectivity index (χ2n) is 2.08. The van der Waals surface area contributed by atoms with E-state index >= 15 is 0 Å². The van der Waals surface area contributed by atoms with E-state index in [1.54, 1.807) is 4.90 Å². The van der Waals surface area contributed by atoms with Crippen LogP contribution in [-0.2, 0) is 19.3 Å². The summed E-state index contributed by atoms with van der Waals surface area (Å²) in [6.07, 6.45) is 0. The van der Waals surface area contributed by atoms with Crippen molar-refractivity contribution in [1.29, 1.82) is 0 Å². The van der Waals surface area contributed by atoms with Crippen LogP contribution < -0.4 is 0 Å². The first-order valence-corrected chi connectivity index (χ1v) is 5.71. The molecule has 0 aliphatic rings. The number of hydrogen-bond donors (Lipinski definition) is 5. The van der Waals surface area contributed by atoms with Gasteiger partial charge in [-0.15, -0.1) is 0 Å². The molecule has 0 radical (unpaired) electrons. The molecule has 0 aliphatic heterocycles. The van der Waals surface area contributed by atoms with Gasteiger partial charge in [-0.05, 0) is 0 Å². The Labute approximate surface area is 86.9 Å². The Kier molecular flexibility index (Phi) is 18.3. The molecule has 0 amide bonds. The van der Waals surface area contributed by atoms with E-state index in [4.69, 9.17) is 22.8 Å². The number of hydrogen-bond acceptors (Lipinski definition) is 6. The van der Waals surface area contributed by atoms with Crippen molar-refractivity contribution in [3.05, 3.63) is 0 Å². The quantitative estimate of drug-likeness (QED) is 0.341. The van der Waals surface area contributed by atoms with Crippen LogP contribution in [0.5, 0.6) is 0 Å². The van der Waals surface area contributed by atoms with E-state index in [9.17, 15) is 0 Å². The Morgan fingerprint density at radius 1 is 0.769 bits per heavy atom. The Hall–Kier alpha value is 0.448. The SMILES string of the molecule is OCCN(CCO)CCO.[OH][Pt][OH]. The van der Waals surface area contributed by atoms with E-state index < -0.39 is 19.3 Å². The van der Waals surface area contributed by atoms with Crippen molar-refractivity contribution in [3.8, 4) is 0 Å². The molecule has 5 N–H and O–H groups in total. The summed E-state index contributed by atoms with van der Waals surface area (Å²) in [5, 5.41) is 25.5. The third-order valence-corrected chi connectivity index (χ3v) is 1.25. The van der Waals surface area contributed by atoms with Crippen molar-refractivity contribution in [2.45, 2.75) is 0 Å². The third kappa shape index (κ3) is 15.2. The minimum atomic E-state index is -1.42. The van der Waals surface area contributed by atoms with Gasteiger partial charge in [-0.1, -0.05) is 0 Å². The van der Waals surface area contributed by atoms with Crippen LogP contribution in [0.2, 0.25) is 0 Å². The first-order valence-electron chi connectivity index (χ1n) is 3.68. The van der Waals surface area contributed by atoms with Crippen molar-refractivity contribution in [1.82, 2.24) is 4.90 Å². The zero-order valence-corrected chi connectivity index (χ0v) is 9.51. The first-order chi connectivity index (χ1) is 6.26. The first kappa shape index (κ1) is 15.9. The van der Waals surface area contributed by atoms with E-state index in [-0.39, 0.29) is 19.8 Å². The maximum atomic E-state index is 8.48. The molecular formula is C6H17NO5Pt. The van der Waals surface area contributed by atoms with Gasteiger partial charge in [0.05, 0.1) is 19.8 Å². The molecule has 13 heavy (non-hydrogen) atoms. The molecule has 0 fully saturated rings. The van der Waals surface area contributed by atoms with E-state index in [0.29, 0.717) is 19.6 Å². The topological polar surface area (TPSA) is 104 Å². The summed E-state index contributed by atoms with van der Waals surface area (Å²) in [6.45, 7) is 1.75. The van der Waals surface area contributed by atoms with Crippen LogP contribution in [-0.4, -0.2) is 67.2 Å². The van der Waals surface area contributed by atoms with Crippen LogP contribution >= 0.6 is 0 Å². The van der Waals surface area contributed by atoms with E-state index in [2.05, 4.69) is 0 Å². The molecule has 0 atom stereocenters. The van der Waals surface area contributed by atoms with Crippen LogP contribution in [0.15, 0.2) is 0 Å². The summed E-state index contributed by atoms with van der Waals surface area (Å²) in [5.74, 6) is 0. The molecule has 0 heterocycles. The standard InChI is InChI=1S/C6H15NO3.2H2O.Pt/c8-4-1-7(2-5-9)3-6-10;;;/h8-10H,1-6H2;2*1H2;/q;;;+2/p-2. The van der Waals surface area contributed by atoms with Gasteiger partial charge in [0.15, 0.2) is 0 Å². The summed E-state index contributed by atoms with van der Waals surface area (Å²) < 4.78 is 14.5.